The molecule has 0 bridgehead atoms. The van der Waals surface area contributed by atoms with Gasteiger partial charge in [-0.15, -0.1) is 0 Å². The summed E-state index contributed by atoms with van der Waals surface area (Å²) in [5, 5.41) is 0. The number of hydrogen-bond donors (Lipinski definition) is 1. The molecule has 90 valence electrons. The van der Waals surface area contributed by atoms with Crippen molar-refractivity contribution in [3.63, 3.8) is 0 Å². The lowest BCUT2D eigenvalue weighted by molar-refractivity contribution is -0.00533. The van der Waals surface area contributed by atoms with E-state index in [-0.39, 0.29) is 11.2 Å². The van der Waals surface area contributed by atoms with Crippen molar-refractivity contribution in [2.24, 2.45) is 0 Å². The highest BCUT2D eigenvalue weighted by Gasteiger charge is 2.08. The second-order valence-corrected chi connectivity index (χ2v) is 4.81. The van der Waals surface area contributed by atoms with Crippen molar-refractivity contribution in [2.45, 2.75) is 39.3 Å². The highest BCUT2D eigenvalue weighted by atomic mass is 16.5. The molecular weight excluding hydrogens is 204 g/mol. The van der Waals surface area contributed by atoms with Gasteiger partial charge >= 0.3 is 0 Å². The molecule has 0 radical (unpaired) electrons. The third-order valence-corrected chi connectivity index (χ3v) is 2.08. The van der Waals surface area contributed by atoms with E-state index in [2.05, 4.69) is 0 Å². The molecular formula is C12H20N2O2. The van der Waals surface area contributed by atoms with Crippen molar-refractivity contribution in [3.05, 3.63) is 28.7 Å². The van der Waals surface area contributed by atoms with Gasteiger partial charge < -0.3 is 15.0 Å². The van der Waals surface area contributed by atoms with Crippen molar-refractivity contribution in [2.75, 3.05) is 12.3 Å². The molecule has 0 amide bonds. The number of rotatable bonds is 4. The van der Waals surface area contributed by atoms with Crippen molar-refractivity contribution >= 4 is 5.69 Å². The summed E-state index contributed by atoms with van der Waals surface area (Å²) in [5.74, 6) is 0. The summed E-state index contributed by atoms with van der Waals surface area (Å²) >= 11 is 0. The first-order chi connectivity index (χ1) is 7.38. The number of nitrogens with two attached hydrogens (primary N) is 1. The minimum atomic E-state index is -0.124. The minimum absolute atomic E-state index is 0.0232. The van der Waals surface area contributed by atoms with Gasteiger partial charge in [-0.3, -0.25) is 4.79 Å². The lowest BCUT2D eigenvalue weighted by Gasteiger charge is -2.19. The summed E-state index contributed by atoms with van der Waals surface area (Å²) in [6.07, 6.45) is 2.47. The van der Waals surface area contributed by atoms with Crippen LogP contribution in [0.3, 0.4) is 0 Å². The Morgan fingerprint density at radius 2 is 2.06 bits per heavy atom. The number of pyridine rings is 1. The smallest absolute Gasteiger partial charge is 0.250 e. The van der Waals surface area contributed by atoms with Gasteiger partial charge in [-0.2, -0.15) is 0 Å². The zero-order chi connectivity index (χ0) is 12.2. The van der Waals surface area contributed by atoms with Crippen LogP contribution < -0.4 is 11.3 Å². The standard InChI is InChI=1S/C12H20N2O2/c1-12(2,3)16-8-4-7-14-9-10(13)5-6-11(14)15/h5-6,9H,4,7-8,13H2,1-3H3. The lowest BCUT2D eigenvalue weighted by atomic mass is 10.2. The second kappa shape index (κ2) is 5.16. The van der Waals surface area contributed by atoms with Crippen molar-refractivity contribution in [1.82, 2.24) is 4.57 Å². The number of aryl methyl sites for hydroxylation is 1. The minimum Gasteiger partial charge on any atom is -0.398 e. The molecule has 0 aliphatic carbocycles. The molecule has 0 aliphatic rings. The van der Waals surface area contributed by atoms with Gasteiger partial charge in [0.15, 0.2) is 0 Å². The van der Waals surface area contributed by atoms with Gasteiger partial charge in [0, 0.05) is 31.1 Å². The van der Waals surface area contributed by atoms with Crippen molar-refractivity contribution in [1.29, 1.82) is 0 Å². The first-order valence-electron chi connectivity index (χ1n) is 5.48. The number of aromatic nitrogens is 1. The van der Waals surface area contributed by atoms with E-state index in [1.54, 1.807) is 16.8 Å². The van der Waals surface area contributed by atoms with Gasteiger partial charge in [0.25, 0.3) is 5.56 Å². The van der Waals surface area contributed by atoms with Gasteiger partial charge in [-0.1, -0.05) is 0 Å². The summed E-state index contributed by atoms with van der Waals surface area (Å²) < 4.78 is 7.19. The van der Waals surface area contributed by atoms with Crippen molar-refractivity contribution < 1.29 is 4.74 Å². The van der Waals surface area contributed by atoms with E-state index in [0.717, 1.165) is 6.42 Å². The lowest BCUT2D eigenvalue weighted by Crippen LogP contribution is -2.23. The molecule has 0 saturated carbocycles. The molecule has 1 heterocycles. The molecule has 4 nitrogen and oxygen atoms in total. The van der Waals surface area contributed by atoms with Crippen LogP contribution in [-0.4, -0.2) is 16.8 Å². The van der Waals surface area contributed by atoms with Gasteiger partial charge in [-0.25, -0.2) is 0 Å². The van der Waals surface area contributed by atoms with E-state index in [4.69, 9.17) is 10.5 Å². The molecule has 0 unspecified atom stereocenters. The molecule has 0 saturated heterocycles. The maximum Gasteiger partial charge on any atom is 0.250 e. The molecule has 1 rings (SSSR count). The van der Waals surface area contributed by atoms with E-state index in [1.165, 1.54) is 6.07 Å². The maximum absolute atomic E-state index is 11.4. The number of ether oxygens (including phenoxy) is 1. The molecule has 0 atom stereocenters. The topological polar surface area (TPSA) is 57.2 Å². The van der Waals surface area contributed by atoms with Crippen LogP contribution in [0.1, 0.15) is 27.2 Å². The summed E-state index contributed by atoms with van der Waals surface area (Å²) in [6, 6.07) is 3.10. The van der Waals surface area contributed by atoms with Gasteiger partial charge in [0.1, 0.15) is 0 Å². The first-order valence-corrected chi connectivity index (χ1v) is 5.48. The van der Waals surface area contributed by atoms with Crippen LogP contribution in [0.4, 0.5) is 5.69 Å². The fourth-order valence-electron chi connectivity index (χ4n) is 1.34. The average Bonchev–Trinajstić information content (AvgIpc) is 2.16. The summed E-state index contributed by atoms with van der Waals surface area (Å²) in [7, 11) is 0. The maximum atomic E-state index is 11.4. The number of nitrogen functional groups attached to an aromatic ring is 1. The fourth-order valence-corrected chi connectivity index (χ4v) is 1.34. The van der Waals surface area contributed by atoms with E-state index >= 15 is 0 Å². The highest BCUT2D eigenvalue weighted by molar-refractivity contribution is 5.33. The monoisotopic (exact) mass is 224 g/mol. The second-order valence-electron chi connectivity index (χ2n) is 4.81. The van der Waals surface area contributed by atoms with E-state index < -0.39 is 0 Å². The zero-order valence-electron chi connectivity index (χ0n) is 10.2. The fraction of sp³-hybridized carbons (Fsp3) is 0.583. The molecule has 1 aromatic heterocycles. The van der Waals surface area contributed by atoms with Gasteiger partial charge in [0.2, 0.25) is 0 Å². The third kappa shape index (κ3) is 4.49. The van der Waals surface area contributed by atoms with Crippen LogP contribution in [0.2, 0.25) is 0 Å². The molecule has 4 heteroatoms. The molecule has 2 N–H and O–H groups in total. The molecule has 0 aliphatic heterocycles. The Bertz CT molecular complexity index is 391. The van der Waals surface area contributed by atoms with E-state index in [9.17, 15) is 4.79 Å². The Kier molecular flexibility index (Phi) is 4.12. The molecule has 1 aromatic rings. The molecule has 0 aromatic carbocycles. The summed E-state index contributed by atoms with van der Waals surface area (Å²) in [6.45, 7) is 7.32. The quantitative estimate of drug-likeness (QED) is 0.791. The van der Waals surface area contributed by atoms with Gasteiger partial charge in [0.05, 0.1) is 5.60 Å². The van der Waals surface area contributed by atoms with Crippen LogP contribution >= 0.6 is 0 Å². The average molecular weight is 224 g/mol. The Hall–Kier alpha value is -1.29. The third-order valence-electron chi connectivity index (χ3n) is 2.08. The predicted molar refractivity (Wildman–Crippen MR) is 65.4 cm³/mol. The van der Waals surface area contributed by atoms with Crippen LogP contribution in [0, 0.1) is 0 Å². The largest absolute Gasteiger partial charge is 0.398 e. The normalized spacial score (nSPS) is 11.7. The molecule has 0 fully saturated rings. The number of anilines is 1. The number of hydrogen-bond acceptors (Lipinski definition) is 3. The molecule has 16 heavy (non-hydrogen) atoms. The van der Waals surface area contributed by atoms with E-state index in [0.29, 0.717) is 18.8 Å². The summed E-state index contributed by atoms with van der Waals surface area (Å²) in [5.41, 5.74) is 6.07. The Morgan fingerprint density at radius 3 is 2.69 bits per heavy atom. The predicted octanol–water partition coefficient (Wildman–Crippen LogP) is 1.64. The SMILES string of the molecule is CC(C)(C)OCCCn1cc(N)ccc1=O. The van der Waals surface area contributed by atoms with Crippen LogP contribution in [0.15, 0.2) is 23.1 Å². The first kappa shape index (κ1) is 12.8. The van der Waals surface area contributed by atoms with Crippen LogP contribution in [0.5, 0.6) is 0 Å². The highest BCUT2D eigenvalue weighted by Crippen LogP contribution is 2.07. The van der Waals surface area contributed by atoms with Crippen molar-refractivity contribution in [3.8, 4) is 0 Å². The zero-order valence-corrected chi connectivity index (χ0v) is 10.2. The van der Waals surface area contributed by atoms with Crippen LogP contribution in [0.25, 0.3) is 0 Å². The van der Waals surface area contributed by atoms with E-state index in [1.807, 2.05) is 20.8 Å². The Morgan fingerprint density at radius 1 is 1.38 bits per heavy atom. The van der Waals surface area contributed by atoms with Crippen LogP contribution in [-0.2, 0) is 11.3 Å². The Labute approximate surface area is 96.0 Å². The molecule has 0 spiro atoms. The van der Waals surface area contributed by atoms with Gasteiger partial charge in [-0.05, 0) is 33.3 Å². The Balaban J connectivity index is 2.43. The summed E-state index contributed by atoms with van der Waals surface area (Å²) in [4.78, 5) is 11.4. The number of nitrogens with zero attached hydrogens (tertiary/aromatic N) is 1.